The molecule has 0 atom stereocenters. The van der Waals surface area contributed by atoms with E-state index in [-0.39, 0.29) is 29.2 Å². The van der Waals surface area contributed by atoms with Crippen LogP contribution >= 0.6 is 0 Å². The number of anilines is 1. The van der Waals surface area contributed by atoms with Crippen molar-refractivity contribution in [2.45, 2.75) is 32.6 Å². The van der Waals surface area contributed by atoms with Crippen molar-refractivity contribution >= 4 is 16.0 Å². The van der Waals surface area contributed by atoms with Gasteiger partial charge in [-0.15, -0.1) is 10.2 Å². The van der Waals surface area contributed by atoms with E-state index in [0.29, 0.717) is 34.3 Å². The molecule has 12 heteroatoms. The van der Waals surface area contributed by atoms with Gasteiger partial charge in [0.25, 0.3) is 0 Å². The van der Waals surface area contributed by atoms with Gasteiger partial charge in [-0.25, -0.2) is 12.8 Å². The van der Waals surface area contributed by atoms with E-state index >= 15 is 0 Å². The number of hydrogen-bond acceptors (Lipinski definition) is 8. The first-order valence-electron chi connectivity index (χ1n) is 11.9. The number of benzene rings is 2. The van der Waals surface area contributed by atoms with Gasteiger partial charge in [-0.05, 0) is 48.4 Å². The summed E-state index contributed by atoms with van der Waals surface area (Å²) in [6.07, 6.45) is -0.0232. The maximum absolute atomic E-state index is 13.5. The number of aryl methyl sites for hydroxylation is 1. The lowest BCUT2D eigenvalue weighted by atomic mass is 9.94. The molecular weight excluding hydrogens is 525 g/mol. The summed E-state index contributed by atoms with van der Waals surface area (Å²) in [5, 5.41) is 17.7. The van der Waals surface area contributed by atoms with Crippen molar-refractivity contribution in [2.75, 3.05) is 24.7 Å². The van der Waals surface area contributed by atoms with Crippen LogP contribution in [0, 0.1) is 17.1 Å². The standard InChI is InChI=1S/C27H28FN5O5S/c1-27(2,3)23-12-11-22(38-23)25-30-31-26(33(25)24-20(36-4)7-6-8-21(24)37-5)32-39(34,35)14-13-17-9-10-19(28)15-18(17)16-29/h6-12,15H,13-14H2,1-5H3,(H,31,32). The van der Waals surface area contributed by atoms with Crippen molar-refractivity contribution in [2.24, 2.45) is 0 Å². The summed E-state index contributed by atoms with van der Waals surface area (Å²) in [6.45, 7) is 6.01. The highest BCUT2D eigenvalue weighted by molar-refractivity contribution is 7.92. The van der Waals surface area contributed by atoms with E-state index in [9.17, 15) is 18.1 Å². The Morgan fingerprint density at radius 3 is 2.36 bits per heavy atom. The molecule has 2 heterocycles. The number of nitrogens with zero attached hydrogens (tertiary/aromatic N) is 4. The van der Waals surface area contributed by atoms with Gasteiger partial charge in [0.2, 0.25) is 21.8 Å². The predicted octanol–water partition coefficient (Wildman–Crippen LogP) is 4.84. The quantitative estimate of drug-likeness (QED) is 0.311. The van der Waals surface area contributed by atoms with E-state index in [1.165, 1.54) is 30.9 Å². The average molecular weight is 554 g/mol. The molecule has 1 N–H and O–H groups in total. The zero-order valence-electron chi connectivity index (χ0n) is 22.1. The highest BCUT2D eigenvalue weighted by atomic mass is 32.2. The zero-order chi connectivity index (χ0) is 28.4. The van der Waals surface area contributed by atoms with E-state index in [0.717, 1.165) is 6.07 Å². The molecule has 2 aromatic heterocycles. The van der Waals surface area contributed by atoms with Crippen LogP contribution in [0.1, 0.15) is 37.7 Å². The molecule has 0 aliphatic heterocycles. The molecule has 0 saturated carbocycles. The van der Waals surface area contributed by atoms with Crippen LogP contribution in [-0.4, -0.2) is 43.2 Å². The minimum atomic E-state index is -4.01. The number of nitrogens with one attached hydrogen (secondary N) is 1. The second kappa shape index (κ2) is 10.8. The third-order valence-corrected chi connectivity index (χ3v) is 7.17. The Labute approximate surface area is 226 Å². The summed E-state index contributed by atoms with van der Waals surface area (Å²) in [7, 11) is -1.06. The van der Waals surface area contributed by atoms with Gasteiger partial charge in [0.15, 0.2) is 5.76 Å². The fourth-order valence-electron chi connectivity index (χ4n) is 3.94. The Kier molecular flexibility index (Phi) is 7.65. The summed E-state index contributed by atoms with van der Waals surface area (Å²) < 4.78 is 61.0. The highest BCUT2D eigenvalue weighted by Crippen LogP contribution is 2.38. The number of ether oxygens (including phenoxy) is 2. The lowest BCUT2D eigenvalue weighted by Crippen LogP contribution is -2.21. The molecule has 0 unspecified atom stereocenters. The smallest absolute Gasteiger partial charge is 0.243 e. The van der Waals surface area contributed by atoms with Crippen LogP contribution in [0.5, 0.6) is 11.5 Å². The van der Waals surface area contributed by atoms with Gasteiger partial charge in [-0.2, -0.15) is 5.26 Å². The van der Waals surface area contributed by atoms with Crippen molar-refractivity contribution < 1.29 is 26.7 Å². The molecule has 0 saturated heterocycles. The van der Waals surface area contributed by atoms with Crippen LogP contribution in [0.15, 0.2) is 52.9 Å². The molecule has 39 heavy (non-hydrogen) atoms. The van der Waals surface area contributed by atoms with Gasteiger partial charge in [-0.3, -0.25) is 9.29 Å². The van der Waals surface area contributed by atoms with Crippen molar-refractivity contribution in [3.05, 3.63) is 71.2 Å². The Bertz CT molecular complexity index is 1630. The largest absolute Gasteiger partial charge is 0.494 e. The summed E-state index contributed by atoms with van der Waals surface area (Å²) in [4.78, 5) is 0. The second-order valence-electron chi connectivity index (χ2n) is 9.69. The molecule has 0 fully saturated rings. The van der Waals surface area contributed by atoms with Crippen molar-refractivity contribution in [1.82, 2.24) is 14.8 Å². The number of para-hydroxylation sites is 1. The fraction of sp³-hybridized carbons (Fsp3) is 0.296. The van der Waals surface area contributed by atoms with Crippen LogP contribution in [0.25, 0.3) is 17.3 Å². The highest BCUT2D eigenvalue weighted by Gasteiger charge is 2.28. The number of methoxy groups -OCH3 is 2. The second-order valence-corrected chi connectivity index (χ2v) is 11.5. The van der Waals surface area contributed by atoms with Gasteiger partial charge in [-0.1, -0.05) is 32.9 Å². The summed E-state index contributed by atoms with van der Waals surface area (Å²) >= 11 is 0. The maximum atomic E-state index is 13.5. The molecule has 0 spiro atoms. The number of aromatic nitrogens is 3. The number of nitriles is 1. The normalized spacial score (nSPS) is 11.7. The molecule has 0 radical (unpaired) electrons. The Hall–Kier alpha value is -4.37. The minimum absolute atomic E-state index is 0.0232. The van der Waals surface area contributed by atoms with E-state index < -0.39 is 21.6 Å². The van der Waals surface area contributed by atoms with Gasteiger partial charge in [0.1, 0.15) is 28.8 Å². The van der Waals surface area contributed by atoms with Crippen LogP contribution in [0.2, 0.25) is 0 Å². The molecule has 2 aromatic carbocycles. The zero-order valence-corrected chi connectivity index (χ0v) is 23.0. The number of hydrogen-bond donors (Lipinski definition) is 1. The van der Waals surface area contributed by atoms with Gasteiger partial charge < -0.3 is 13.9 Å². The van der Waals surface area contributed by atoms with E-state index in [1.54, 1.807) is 24.3 Å². The molecule has 0 aliphatic carbocycles. The molecule has 4 aromatic rings. The van der Waals surface area contributed by atoms with Crippen molar-refractivity contribution in [1.29, 1.82) is 5.26 Å². The van der Waals surface area contributed by atoms with Crippen LogP contribution < -0.4 is 14.2 Å². The summed E-state index contributed by atoms with van der Waals surface area (Å²) in [6, 6.07) is 14.2. The van der Waals surface area contributed by atoms with Crippen LogP contribution in [-0.2, 0) is 21.9 Å². The molecule has 0 bridgehead atoms. The van der Waals surface area contributed by atoms with Gasteiger partial charge in [0, 0.05) is 5.41 Å². The average Bonchev–Trinajstić information content (AvgIpc) is 3.54. The third-order valence-electron chi connectivity index (χ3n) is 5.93. The van der Waals surface area contributed by atoms with E-state index in [1.807, 2.05) is 32.9 Å². The molecule has 0 amide bonds. The van der Waals surface area contributed by atoms with Crippen LogP contribution in [0.4, 0.5) is 10.3 Å². The third kappa shape index (κ3) is 5.88. The van der Waals surface area contributed by atoms with Crippen LogP contribution in [0.3, 0.4) is 0 Å². The first-order valence-corrected chi connectivity index (χ1v) is 13.6. The maximum Gasteiger partial charge on any atom is 0.243 e. The lowest BCUT2D eigenvalue weighted by Gasteiger charge is -2.17. The molecule has 10 nitrogen and oxygen atoms in total. The molecule has 4 rings (SSSR count). The first-order chi connectivity index (χ1) is 18.5. The van der Waals surface area contributed by atoms with Crippen molar-refractivity contribution in [3.63, 3.8) is 0 Å². The number of furan rings is 1. The van der Waals surface area contributed by atoms with E-state index in [4.69, 9.17) is 13.9 Å². The Balaban J connectivity index is 1.78. The minimum Gasteiger partial charge on any atom is -0.494 e. The molecule has 0 aliphatic rings. The lowest BCUT2D eigenvalue weighted by molar-refractivity contribution is 0.390. The Morgan fingerprint density at radius 1 is 1.08 bits per heavy atom. The monoisotopic (exact) mass is 553 g/mol. The predicted molar refractivity (Wildman–Crippen MR) is 143 cm³/mol. The fourth-order valence-corrected chi connectivity index (χ4v) is 4.94. The molecular formula is C27H28FN5O5S. The van der Waals surface area contributed by atoms with Crippen molar-refractivity contribution in [3.8, 4) is 34.8 Å². The van der Waals surface area contributed by atoms with Gasteiger partial charge in [0.05, 0.1) is 31.6 Å². The SMILES string of the molecule is COc1cccc(OC)c1-n1c(NS(=O)(=O)CCc2ccc(F)cc2C#N)nnc1-c1ccc(C(C)(C)C)o1. The summed E-state index contributed by atoms with van der Waals surface area (Å²) in [5.74, 6) is 0.942. The number of halogens is 1. The van der Waals surface area contributed by atoms with Gasteiger partial charge >= 0.3 is 0 Å². The Morgan fingerprint density at radius 2 is 1.77 bits per heavy atom. The topological polar surface area (TPSA) is 132 Å². The summed E-state index contributed by atoms with van der Waals surface area (Å²) in [5.41, 5.74) is 0.558. The first kappa shape index (κ1) is 27.7. The number of sulfonamides is 1. The van der Waals surface area contributed by atoms with E-state index in [2.05, 4.69) is 14.9 Å². The molecule has 204 valence electrons. The number of rotatable bonds is 9.